The Morgan fingerprint density at radius 2 is 1.90 bits per heavy atom. The zero-order valence-corrected chi connectivity index (χ0v) is 12.0. The molecule has 2 aromatic carbocycles. The minimum Gasteiger partial charge on any atom is -0.497 e. The Hall–Kier alpha value is -1.58. The van der Waals surface area contributed by atoms with Crippen LogP contribution >= 0.6 is 11.6 Å². The normalized spacial score (nSPS) is 12.2. The number of rotatable bonds is 5. The summed E-state index contributed by atoms with van der Waals surface area (Å²) in [6.45, 7) is 0. The van der Waals surface area contributed by atoms with E-state index in [1.165, 1.54) is 6.07 Å². The molecule has 1 atom stereocenters. The molecule has 0 saturated heterocycles. The van der Waals surface area contributed by atoms with E-state index in [9.17, 15) is 4.39 Å². The molecule has 0 spiro atoms. The molecule has 0 heterocycles. The summed E-state index contributed by atoms with van der Waals surface area (Å²) in [5, 5.41) is 0.383. The highest BCUT2D eigenvalue weighted by molar-refractivity contribution is 6.30. The topological polar surface area (TPSA) is 35.2 Å². The molecule has 2 rings (SSSR count). The third kappa shape index (κ3) is 3.71. The molecule has 0 aliphatic rings. The van der Waals surface area contributed by atoms with Crippen LogP contribution in [-0.2, 0) is 6.42 Å². The Balaban J connectivity index is 1.98. The van der Waals surface area contributed by atoms with E-state index in [1.54, 1.807) is 19.2 Å². The van der Waals surface area contributed by atoms with E-state index in [-0.39, 0.29) is 11.9 Å². The van der Waals surface area contributed by atoms with Crippen LogP contribution in [0, 0.1) is 5.82 Å². The molecule has 4 heteroatoms. The maximum absolute atomic E-state index is 13.7. The number of ether oxygens (including phenoxy) is 1. The summed E-state index contributed by atoms with van der Waals surface area (Å²) in [4.78, 5) is 0. The molecule has 0 fully saturated rings. The SMILES string of the molecule is COc1ccc(CCC(N)c2ccc(Cl)cc2F)cc1. The first kappa shape index (κ1) is 14.8. The van der Waals surface area contributed by atoms with Gasteiger partial charge in [0.05, 0.1) is 7.11 Å². The molecule has 106 valence electrons. The zero-order chi connectivity index (χ0) is 14.5. The molecule has 2 aromatic rings. The largest absolute Gasteiger partial charge is 0.497 e. The van der Waals surface area contributed by atoms with Crippen molar-refractivity contribution in [2.45, 2.75) is 18.9 Å². The van der Waals surface area contributed by atoms with E-state index in [0.717, 1.165) is 17.7 Å². The highest BCUT2D eigenvalue weighted by Gasteiger charge is 2.11. The van der Waals surface area contributed by atoms with Crippen molar-refractivity contribution < 1.29 is 9.13 Å². The molecule has 0 saturated carbocycles. The number of benzene rings is 2. The second-order valence-electron chi connectivity index (χ2n) is 4.66. The summed E-state index contributed by atoms with van der Waals surface area (Å²) in [6, 6.07) is 12.1. The predicted molar refractivity (Wildman–Crippen MR) is 79.7 cm³/mol. The van der Waals surface area contributed by atoms with Crippen LogP contribution in [0.4, 0.5) is 4.39 Å². The third-order valence-corrected chi connectivity index (χ3v) is 3.50. The molecule has 0 aliphatic heterocycles. The van der Waals surface area contributed by atoms with Gasteiger partial charge in [0.1, 0.15) is 11.6 Å². The van der Waals surface area contributed by atoms with E-state index in [4.69, 9.17) is 22.1 Å². The van der Waals surface area contributed by atoms with Gasteiger partial charge in [0.2, 0.25) is 0 Å². The molecule has 2 nitrogen and oxygen atoms in total. The molecule has 0 amide bonds. The average Bonchev–Trinajstić information content (AvgIpc) is 2.45. The molecule has 20 heavy (non-hydrogen) atoms. The van der Waals surface area contributed by atoms with Crippen molar-refractivity contribution in [3.05, 3.63) is 64.4 Å². The third-order valence-electron chi connectivity index (χ3n) is 3.27. The summed E-state index contributed by atoms with van der Waals surface area (Å²) in [5.74, 6) is 0.474. The van der Waals surface area contributed by atoms with Crippen LogP contribution in [0.3, 0.4) is 0 Å². The summed E-state index contributed by atoms with van der Waals surface area (Å²) in [7, 11) is 1.63. The second-order valence-corrected chi connectivity index (χ2v) is 5.10. The van der Waals surface area contributed by atoms with Gasteiger partial charge >= 0.3 is 0 Å². The number of hydrogen-bond acceptors (Lipinski definition) is 2. The van der Waals surface area contributed by atoms with Crippen molar-refractivity contribution in [3.8, 4) is 5.75 Å². The summed E-state index contributed by atoms with van der Waals surface area (Å²) >= 11 is 5.73. The van der Waals surface area contributed by atoms with Crippen LogP contribution in [0.2, 0.25) is 5.02 Å². The van der Waals surface area contributed by atoms with Crippen LogP contribution in [-0.4, -0.2) is 7.11 Å². The average molecular weight is 294 g/mol. The Morgan fingerprint density at radius 1 is 1.20 bits per heavy atom. The predicted octanol–water partition coefficient (Wildman–Crippen LogP) is 4.12. The van der Waals surface area contributed by atoms with Gasteiger partial charge in [-0.1, -0.05) is 29.8 Å². The summed E-state index contributed by atoms with van der Waals surface area (Å²) < 4.78 is 18.8. The highest BCUT2D eigenvalue weighted by atomic mass is 35.5. The molecule has 0 aromatic heterocycles. The second kappa shape index (κ2) is 6.73. The van der Waals surface area contributed by atoms with Crippen molar-refractivity contribution in [2.75, 3.05) is 7.11 Å². The van der Waals surface area contributed by atoms with Gasteiger partial charge in [-0.3, -0.25) is 0 Å². The monoisotopic (exact) mass is 293 g/mol. The zero-order valence-electron chi connectivity index (χ0n) is 11.3. The van der Waals surface area contributed by atoms with Gasteiger partial charge in [-0.25, -0.2) is 4.39 Å². The Morgan fingerprint density at radius 3 is 2.50 bits per heavy atom. The Labute approximate surface area is 123 Å². The lowest BCUT2D eigenvalue weighted by Crippen LogP contribution is -2.13. The molecule has 1 unspecified atom stereocenters. The van der Waals surface area contributed by atoms with Gasteiger partial charge < -0.3 is 10.5 Å². The minimum atomic E-state index is -0.347. The first-order valence-corrected chi connectivity index (χ1v) is 6.81. The van der Waals surface area contributed by atoms with Crippen LogP contribution in [0.15, 0.2) is 42.5 Å². The maximum atomic E-state index is 13.7. The highest BCUT2D eigenvalue weighted by Crippen LogP contribution is 2.23. The van der Waals surface area contributed by atoms with E-state index < -0.39 is 0 Å². The lowest BCUT2D eigenvalue weighted by Gasteiger charge is -2.13. The van der Waals surface area contributed by atoms with Crippen LogP contribution in [0.1, 0.15) is 23.6 Å². The molecular weight excluding hydrogens is 277 g/mol. The molecular formula is C16H17ClFNO. The quantitative estimate of drug-likeness (QED) is 0.900. The van der Waals surface area contributed by atoms with E-state index >= 15 is 0 Å². The summed E-state index contributed by atoms with van der Waals surface area (Å²) in [6.07, 6.45) is 1.46. The van der Waals surface area contributed by atoms with E-state index in [1.807, 2.05) is 24.3 Å². The molecule has 0 radical (unpaired) electrons. The number of hydrogen-bond donors (Lipinski definition) is 1. The fourth-order valence-corrected chi connectivity index (χ4v) is 2.23. The maximum Gasteiger partial charge on any atom is 0.129 e. The van der Waals surface area contributed by atoms with Gasteiger partial charge in [-0.2, -0.15) is 0 Å². The molecule has 0 aliphatic carbocycles. The van der Waals surface area contributed by atoms with Crippen LogP contribution in [0.5, 0.6) is 5.75 Å². The van der Waals surface area contributed by atoms with Crippen molar-refractivity contribution in [1.82, 2.24) is 0 Å². The van der Waals surface area contributed by atoms with Crippen LogP contribution < -0.4 is 10.5 Å². The Kier molecular flexibility index (Phi) is 4.99. The fourth-order valence-electron chi connectivity index (χ4n) is 2.07. The van der Waals surface area contributed by atoms with Gasteiger partial charge in [-0.15, -0.1) is 0 Å². The Bertz CT molecular complexity index is 571. The van der Waals surface area contributed by atoms with Gasteiger partial charge in [-0.05, 0) is 42.7 Å². The van der Waals surface area contributed by atoms with E-state index in [0.29, 0.717) is 17.0 Å². The first-order valence-electron chi connectivity index (χ1n) is 6.43. The first-order chi connectivity index (χ1) is 9.60. The number of methoxy groups -OCH3 is 1. The standard InChI is InChI=1S/C16H17ClFNO/c1-20-13-6-2-11(3-7-13)4-9-16(19)14-8-5-12(17)10-15(14)18/h2-3,5-8,10,16H,4,9,19H2,1H3. The molecule has 2 N–H and O–H groups in total. The minimum absolute atomic E-state index is 0.339. The van der Waals surface area contributed by atoms with Gasteiger partial charge in [0.25, 0.3) is 0 Å². The summed E-state index contributed by atoms with van der Waals surface area (Å²) in [5.41, 5.74) is 7.69. The van der Waals surface area contributed by atoms with Crippen molar-refractivity contribution in [1.29, 1.82) is 0 Å². The lowest BCUT2D eigenvalue weighted by molar-refractivity contribution is 0.414. The van der Waals surface area contributed by atoms with Gasteiger partial charge in [0.15, 0.2) is 0 Å². The number of nitrogens with two attached hydrogens (primary N) is 1. The lowest BCUT2D eigenvalue weighted by atomic mass is 9.99. The number of halogens is 2. The number of aryl methyl sites for hydroxylation is 1. The van der Waals surface area contributed by atoms with Gasteiger partial charge in [0, 0.05) is 16.6 Å². The van der Waals surface area contributed by atoms with Crippen molar-refractivity contribution in [3.63, 3.8) is 0 Å². The van der Waals surface area contributed by atoms with Crippen LogP contribution in [0.25, 0.3) is 0 Å². The smallest absolute Gasteiger partial charge is 0.129 e. The molecule has 0 bridgehead atoms. The van der Waals surface area contributed by atoms with Crippen molar-refractivity contribution >= 4 is 11.6 Å². The van der Waals surface area contributed by atoms with E-state index in [2.05, 4.69) is 0 Å². The van der Waals surface area contributed by atoms with Crippen molar-refractivity contribution in [2.24, 2.45) is 5.73 Å². The fraction of sp³-hybridized carbons (Fsp3) is 0.250.